The number of pyridine rings is 1. The molecule has 0 aromatic carbocycles. The molecule has 16 heavy (non-hydrogen) atoms. The predicted octanol–water partition coefficient (Wildman–Crippen LogP) is 1.36. The van der Waals surface area contributed by atoms with Crippen LogP contribution >= 0.6 is 15.9 Å². The van der Waals surface area contributed by atoms with Crippen LogP contribution in [0.15, 0.2) is 18.5 Å². The van der Waals surface area contributed by atoms with Gasteiger partial charge >= 0.3 is 0 Å². The van der Waals surface area contributed by atoms with Gasteiger partial charge in [0.05, 0.1) is 23.2 Å². The standard InChI is InChI=1S/C10H12BrFN2O2/c1-16-6-7(11)4-14-10(15)8-2-3-13-5-9(8)12/h2-3,5,7H,4,6H2,1H3,(H,14,15). The minimum absolute atomic E-state index is 0.00588. The third kappa shape index (κ3) is 3.86. The lowest BCUT2D eigenvalue weighted by Gasteiger charge is -2.10. The van der Waals surface area contributed by atoms with Gasteiger partial charge in [0.1, 0.15) is 0 Å². The molecule has 0 spiro atoms. The van der Waals surface area contributed by atoms with Crippen molar-refractivity contribution >= 4 is 21.8 Å². The summed E-state index contributed by atoms with van der Waals surface area (Å²) < 4.78 is 18.0. The average molecular weight is 291 g/mol. The van der Waals surface area contributed by atoms with E-state index < -0.39 is 11.7 Å². The van der Waals surface area contributed by atoms with Crippen molar-refractivity contribution < 1.29 is 13.9 Å². The molecule has 1 atom stereocenters. The van der Waals surface area contributed by atoms with E-state index in [4.69, 9.17) is 4.74 Å². The average Bonchev–Trinajstić information content (AvgIpc) is 2.27. The van der Waals surface area contributed by atoms with E-state index in [0.717, 1.165) is 6.20 Å². The van der Waals surface area contributed by atoms with Gasteiger partial charge in [-0.1, -0.05) is 15.9 Å². The summed E-state index contributed by atoms with van der Waals surface area (Å²) in [6.07, 6.45) is 2.38. The highest BCUT2D eigenvalue weighted by molar-refractivity contribution is 9.09. The summed E-state index contributed by atoms with van der Waals surface area (Å²) in [7, 11) is 1.57. The molecule has 1 heterocycles. The normalized spacial score (nSPS) is 12.2. The fourth-order valence-electron chi connectivity index (χ4n) is 1.10. The van der Waals surface area contributed by atoms with Gasteiger partial charge in [-0.25, -0.2) is 4.39 Å². The molecular formula is C10H12BrFN2O2. The number of amides is 1. The Morgan fingerprint density at radius 3 is 3.12 bits per heavy atom. The second-order valence-electron chi connectivity index (χ2n) is 3.12. The predicted molar refractivity (Wildman–Crippen MR) is 61.1 cm³/mol. The quantitative estimate of drug-likeness (QED) is 0.833. The number of rotatable bonds is 5. The van der Waals surface area contributed by atoms with Gasteiger partial charge in [-0.2, -0.15) is 0 Å². The fourth-order valence-corrected chi connectivity index (χ4v) is 1.52. The minimum atomic E-state index is -0.627. The van der Waals surface area contributed by atoms with Crippen LogP contribution in [0.4, 0.5) is 4.39 Å². The largest absolute Gasteiger partial charge is 0.383 e. The Hall–Kier alpha value is -1.01. The van der Waals surface area contributed by atoms with Crippen LogP contribution in [0.1, 0.15) is 10.4 Å². The van der Waals surface area contributed by atoms with Crippen LogP contribution in [0, 0.1) is 5.82 Å². The molecule has 1 rings (SSSR count). The van der Waals surface area contributed by atoms with Gasteiger partial charge in [-0.05, 0) is 6.07 Å². The van der Waals surface area contributed by atoms with E-state index in [-0.39, 0.29) is 10.4 Å². The maximum atomic E-state index is 13.2. The SMILES string of the molecule is COCC(Br)CNC(=O)c1ccncc1F. The minimum Gasteiger partial charge on any atom is -0.383 e. The molecule has 1 aromatic heterocycles. The van der Waals surface area contributed by atoms with Crippen molar-refractivity contribution in [2.75, 3.05) is 20.3 Å². The Morgan fingerprint density at radius 2 is 2.50 bits per heavy atom. The lowest BCUT2D eigenvalue weighted by molar-refractivity contribution is 0.0946. The van der Waals surface area contributed by atoms with Gasteiger partial charge in [0.25, 0.3) is 5.91 Å². The molecule has 0 aliphatic carbocycles. The first-order valence-electron chi connectivity index (χ1n) is 4.66. The number of nitrogens with zero attached hydrogens (tertiary/aromatic N) is 1. The molecular weight excluding hydrogens is 279 g/mol. The number of carbonyl (C=O) groups excluding carboxylic acids is 1. The number of alkyl halides is 1. The molecule has 0 aliphatic rings. The Kier molecular flexibility index (Phi) is 5.34. The number of nitrogens with one attached hydrogen (secondary N) is 1. The van der Waals surface area contributed by atoms with Gasteiger partial charge in [-0.3, -0.25) is 9.78 Å². The van der Waals surface area contributed by atoms with E-state index in [1.54, 1.807) is 7.11 Å². The summed E-state index contributed by atoms with van der Waals surface area (Å²) in [5.41, 5.74) is -0.00730. The number of hydrogen-bond donors (Lipinski definition) is 1. The van der Waals surface area contributed by atoms with Crippen LogP contribution in [0.25, 0.3) is 0 Å². The third-order valence-electron chi connectivity index (χ3n) is 1.85. The Labute approximate surface area is 101 Å². The van der Waals surface area contributed by atoms with Crippen LogP contribution < -0.4 is 5.32 Å². The Bertz CT molecular complexity index is 362. The lowest BCUT2D eigenvalue weighted by atomic mass is 10.2. The molecule has 0 aliphatic heterocycles. The Balaban J connectivity index is 2.50. The second kappa shape index (κ2) is 6.55. The first-order valence-corrected chi connectivity index (χ1v) is 5.57. The summed E-state index contributed by atoms with van der Waals surface area (Å²) in [5, 5.41) is 2.59. The van der Waals surface area contributed by atoms with E-state index in [1.807, 2.05) is 0 Å². The zero-order valence-electron chi connectivity index (χ0n) is 8.74. The van der Waals surface area contributed by atoms with Gasteiger partial charge < -0.3 is 10.1 Å². The van der Waals surface area contributed by atoms with E-state index in [1.165, 1.54) is 12.3 Å². The topological polar surface area (TPSA) is 51.2 Å². The highest BCUT2D eigenvalue weighted by atomic mass is 79.9. The molecule has 0 bridgehead atoms. The molecule has 1 unspecified atom stereocenters. The fraction of sp³-hybridized carbons (Fsp3) is 0.400. The van der Waals surface area contributed by atoms with Gasteiger partial charge in [-0.15, -0.1) is 0 Å². The number of ether oxygens (including phenoxy) is 1. The Morgan fingerprint density at radius 1 is 1.75 bits per heavy atom. The second-order valence-corrected chi connectivity index (χ2v) is 4.41. The number of methoxy groups -OCH3 is 1. The number of halogens is 2. The van der Waals surface area contributed by atoms with Crippen LogP contribution in [-0.2, 0) is 4.74 Å². The van der Waals surface area contributed by atoms with Gasteiger partial charge in [0.15, 0.2) is 5.82 Å². The monoisotopic (exact) mass is 290 g/mol. The highest BCUT2D eigenvalue weighted by Crippen LogP contribution is 2.04. The highest BCUT2D eigenvalue weighted by Gasteiger charge is 2.12. The molecule has 6 heteroatoms. The van der Waals surface area contributed by atoms with Crippen molar-refractivity contribution in [3.63, 3.8) is 0 Å². The van der Waals surface area contributed by atoms with E-state index in [9.17, 15) is 9.18 Å². The first kappa shape index (κ1) is 13.1. The molecule has 1 aromatic rings. The summed E-state index contributed by atoms with van der Waals surface area (Å²) in [4.78, 5) is 15.1. The van der Waals surface area contributed by atoms with Crippen LogP contribution in [0.2, 0.25) is 0 Å². The van der Waals surface area contributed by atoms with Crippen molar-refractivity contribution in [1.29, 1.82) is 0 Å². The zero-order chi connectivity index (χ0) is 12.0. The van der Waals surface area contributed by atoms with E-state index in [0.29, 0.717) is 13.2 Å². The summed E-state index contributed by atoms with van der Waals surface area (Å²) >= 11 is 3.31. The molecule has 0 radical (unpaired) electrons. The van der Waals surface area contributed by atoms with Crippen molar-refractivity contribution in [3.8, 4) is 0 Å². The van der Waals surface area contributed by atoms with Crippen LogP contribution in [0.3, 0.4) is 0 Å². The summed E-state index contributed by atoms with van der Waals surface area (Å²) in [5.74, 6) is -1.08. The summed E-state index contributed by atoms with van der Waals surface area (Å²) in [6.45, 7) is 0.841. The van der Waals surface area contributed by atoms with E-state index >= 15 is 0 Å². The molecule has 1 amide bonds. The lowest BCUT2D eigenvalue weighted by Crippen LogP contribution is -2.31. The number of carbonyl (C=O) groups is 1. The zero-order valence-corrected chi connectivity index (χ0v) is 10.3. The number of aromatic nitrogens is 1. The van der Waals surface area contributed by atoms with E-state index in [2.05, 4.69) is 26.2 Å². The van der Waals surface area contributed by atoms with Crippen molar-refractivity contribution in [2.45, 2.75) is 4.83 Å². The van der Waals surface area contributed by atoms with Gasteiger partial charge in [0, 0.05) is 19.9 Å². The van der Waals surface area contributed by atoms with Crippen LogP contribution in [0.5, 0.6) is 0 Å². The van der Waals surface area contributed by atoms with Crippen molar-refractivity contribution in [1.82, 2.24) is 10.3 Å². The molecule has 0 fully saturated rings. The van der Waals surface area contributed by atoms with Crippen molar-refractivity contribution in [3.05, 3.63) is 29.8 Å². The molecule has 0 saturated carbocycles. The van der Waals surface area contributed by atoms with Crippen molar-refractivity contribution in [2.24, 2.45) is 0 Å². The maximum absolute atomic E-state index is 13.2. The molecule has 4 nitrogen and oxygen atoms in total. The molecule has 1 N–H and O–H groups in total. The number of hydrogen-bond acceptors (Lipinski definition) is 3. The smallest absolute Gasteiger partial charge is 0.254 e. The third-order valence-corrected chi connectivity index (χ3v) is 2.44. The first-order chi connectivity index (χ1) is 7.65. The van der Waals surface area contributed by atoms with Gasteiger partial charge in [0.2, 0.25) is 0 Å². The maximum Gasteiger partial charge on any atom is 0.254 e. The molecule has 88 valence electrons. The van der Waals surface area contributed by atoms with Crippen LogP contribution in [-0.4, -0.2) is 36.0 Å². The molecule has 0 saturated heterocycles. The summed E-state index contributed by atoms with van der Waals surface area (Å²) in [6, 6.07) is 1.34.